The van der Waals surface area contributed by atoms with Crippen molar-refractivity contribution in [2.45, 2.75) is 19.5 Å². The van der Waals surface area contributed by atoms with E-state index in [0.717, 1.165) is 44.7 Å². The number of thiophene rings is 1. The second-order valence-electron chi connectivity index (χ2n) is 5.98. The number of benzene rings is 1. The van der Waals surface area contributed by atoms with Crippen molar-refractivity contribution in [3.05, 3.63) is 57.3 Å². The zero-order valence-electron chi connectivity index (χ0n) is 14.6. The molecule has 1 aromatic heterocycles. The summed E-state index contributed by atoms with van der Waals surface area (Å²) in [5.41, 5.74) is 1.71. The third-order valence-electron chi connectivity index (χ3n) is 4.28. The first kappa shape index (κ1) is 21.0. The molecule has 1 aliphatic rings. The smallest absolute Gasteiger partial charge is 0.191 e. The molecule has 142 valence electrons. The summed E-state index contributed by atoms with van der Waals surface area (Å²) < 4.78 is 26.8. The lowest BCUT2D eigenvalue weighted by molar-refractivity contribution is 0.260. The van der Waals surface area contributed by atoms with Crippen molar-refractivity contribution >= 4 is 41.3 Å². The summed E-state index contributed by atoms with van der Waals surface area (Å²) in [6, 6.07) is 5.65. The lowest BCUT2D eigenvalue weighted by Gasteiger charge is -2.27. The molecule has 3 rings (SSSR count). The van der Waals surface area contributed by atoms with Gasteiger partial charge in [-0.2, -0.15) is 0 Å². The van der Waals surface area contributed by atoms with E-state index in [9.17, 15) is 8.78 Å². The van der Waals surface area contributed by atoms with Crippen molar-refractivity contribution in [1.29, 1.82) is 0 Å². The Morgan fingerprint density at radius 1 is 1.27 bits per heavy atom. The number of fused-ring (bicyclic) bond motifs is 1. The van der Waals surface area contributed by atoms with Gasteiger partial charge < -0.3 is 10.6 Å². The molecule has 0 amide bonds. The summed E-state index contributed by atoms with van der Waals surface area (Å²) in [6.45, 7) is 3.89. The molecule has 0 radical (unpaired) electrons. The number of hydrogen-bond acceptors (Lipinski definition) is 3. The predicted molar refractivity (Wildman–Crippen MR) is 113 cm³/mol. The highest BCUT2D eigenvalue weighted by Crippen LogP contribution is 2.23. The van der Waals surface area contributed by atoms with Crippen molar-refractivity contribution in [2.24, 2.45) is 4.99 Å². The topological polar surface area (TPSA) is 39.7 Å². The second-order valence-corrected chi connectivity index (χ2v) is 6.98. The van der Waals surface area contributed by atoms with Gasteiger partial charge in [-0.05, 0) is 41.6 Å². The summed E-state index contributed by atoms with van der Waals surface area (Å²) in [5, 5.41) is 8.40. The number of rotatable bonds is 5. The quantitative estimate of drug-likeness (QED) is 0.382. The van der Waals surface area contributed by atoms with E-state index >= 15 is 0 Å². The molecule has 0 saturated heterocycles. The van der Waals surface area contributed by atoms with E-state index in [1.807, 2.05) is 11.3 Å². The van der Waals surface area contributed by atoms with Crippen molar-refractivity contribution in [3.8, 4) is 0 Å². The average molecular weight is 492 g/mol. The number of halogens is 3. The molecule has 0 spiro atoms. The van der Waals surface area contributed by atoms with Crippen LogP contribution in [0.3, 0.4) is 0 Å². The van der Waals surface area contributed by atoms with Gasteiger partial charge in [-0.25, -0.2) is 8.78 Å². The van der Waals surface area contributed by atoms with Gasteiger partial charge in [0.1, 0.15) is 11.6 Å². The highest BCUT2D eigenvalue weighted by Gasteiger charge is 2.16. The van der Waals surface area contributed by atoms with Crippen LogP contribution >= 0.6 is 35.3 Å². The van der Waals surface area contributed by atoms with Crippen LogP contribution in [0.4, 0.5) is 8.78 Å². The van der Waals surface area contributed by atoms with E-state index in [-0.39, 0.29) is 36.1 Å². The fourth-order valence-corrected chi connectivity index (χ4v) is 3.80. The number of guanidine groups is 1. The minimum Gasteiger partial charge on any atom is -0.355 e. The molecule has 1 aliphatic heterocycles. The third-order valence-corrected chi connectivity index (χ3v) is 5.31. The van der Waals surface area contributed by atoms with E-state index in [1.165, 1.54) is 16.5 Å². The Labute approximate surface area is 173 Å². The maximum atomic E-state index is 13.6. The lowest BCUT2D eigenvalue weighted by atomic mass is 10.1. The van der Waals surface area contributed by atoms with Crippen LogP contribution in [-0.2, 0) is 19.5 Å². The zero-order chi connectivity index (χ0) is 17.6. The Balaban J connectivity index is 0.00000243. The summed E-state index contributed by atoms with van der Waals surface area (Å²) in [5.74, 6) is -0.292. The van der Waals surface area contributed by atoms with Crippen LogP contribution in [0.5, 0.6) is 0 Å². The molecule has 0 atom stereocenters. The van der Waals surface area contributed by atoms with Gasteiger partial charge >= 0.3 is 0 Å². The van der Waals surface area contributed by atoms with Gasteiger partial charge in [-0.15, -0.1) is 35.3 Å². The van der Waals surface area contributed by atoms with Gasteiger partial charge in [0, 0.05) is 50.2 Å². The molecule has 2 heterocycles. The molecular weight excluding hydrogens is 469 g/mol. The van der Waals surface area contributed by atoms with Crippen LogP contribution in [0, 0.1) is 11.6 Å². The first-order chi connectivity index (χ1) is 12.2. The van der Waals surface area contributed by atoms with E-state index in [4.69, 9.17) is 0 Å². The van der Waals surface area contributed by atoms with Crippen molar-refractivity contribution in [3.63, 3.8) is 0 Å². The minimum atomic E-state index is -0.445. The molecule has 1 aromatic carbocycles. The molecule has 2 aromatic rings. The molecule has 0 unspecified atom stereocenters. The molecular formula is C18H23F2IN4S. The first-order valence-electron chi connectivity index (χ1n) is 8.32. The van der Waals surface area contributed by atoms with Gasteiger partial charge in [-0.3, -0.25) is 9.89 Å². The number of nitrogens with one attached hydrogen (secondary N) is 2. The maximum Gasteiger partial charge on any atom is 0.191 e. The van der Waals surface area contributed by atoms with Crippen molar-refractivity contribution < 1.29 is 8.78 Å². The van der Waals surface area contributed by atoms with E-state index in [0.29, 0.717) is 5.96 Å². The van der Waals surface area contributed by atoms with Crippen LogP contribution in [0.15, 0.2) is 34.6 Å². The van der Waals surface area contributed by atoms with Gasteiger partial charge in [-0.1, -0.05) is 0 Å². The molecule has 0 saturated carbocycles. The van der Waals surface area contributed by atoms with E-state index in [2.05, 4.69) is 32.0 Å². The van der Waals surface area contributed by atoms with Crippen molar-refractivity contribution in [2.75, 3.05) is 26.7 Å². The Kier molecular flexibility index (Phi) is 8.23. The number of nitrogens with zero attached hydrogens (tertiary/aromatic N) is 2. The number of hydrogen-bond donors (Lipinski definition) is 2. The van der Waals surface area contributed by atoms with Crippen molar-refractivity contribution in [1.82, 2.24) is 15.5 Å². The highest BCUT2D eigenvalue weighted by molar-refractivity contribution is 14.0. The first-order valence-corrected chi connectivity index (χ1v) is 9.19. The van der Waals surface area contributed by atoms with Gasteiger partial charge in [0.15, 0.2) is 5.96 Å². The summed E-state index contributed by atoms with van der Waals surface area (Å²) >= 11 is 1.84. The molecule has 0 bridgehead atoms. The summed E-state index contributed by atoms with van der Waals surface area (Å²) in [6.07, 6.45) is 1.11. The van der Waals surface area contributed by atoms with Crippen LogP contribution in [-0.4, -0.2) is 37.5 Å². The SMILES string of the molecule is CN=C(NCCN1CCc2sccc2C1)NCc1cc(F)ccc1F.I. The second kappa shape index (κ2) is 10.2. The monoisotopic (exact) mass is 492 g/mol. The van der Waals surface area contributed by atoms with Gasteiger partial charge in [0.05, 0.1) is 0 Å². The van der Waals surface area contributed by atoms with Crippen LogP contribution in [0.2, 0.25) is 0 Å². The Morgan fingerprint density at radius 3 is 2.92 bits per heavy atom. The normalized spacial score (nSPS) is 14.5. The lowest BCUT2D eigenvalue weighted by Crippen LogP contribution is -2.42. The largest absolute Gasteiger partial charge is 0.355 e. The molecule has 26 heavy (non-hydrogen) atoms. The van der Waals surface area contributed by atoms with Crippen LogP contribution in [0.25, 0.3) is 0 Å². The third kappa shape index (κ3) is 5.62. The van der Waals surface area contributed by atoms with E-state index in [1.54, 1.807) is 7.05 Å². The standard InChI is InChI=1S/C18H22F2N4S.HI/c1-21-18(23-11-14-10-15(19)2-3-16(14)20)22-6-8-24-7-4-17-13(12-24)5-9-25-17;/h2-3,5,9-10H,4,6-8,11-12H2,1H3,(H2,21,22,23);1H. The van der Waals surface area contributed by atoms with Crippen LogP contribution < -0.4 is 10.6 Å². The number of aliphatic imine (C=N–C) groups is 1. The zero-order valence-corrected chi connectivity index (χ0v) is 17.7. The summed E-state index contributed by atoms with van der Waals surface area (Å²) in [4.78, 5) is 8.03. The minimum absolute atomic E-state index is 0. The molecule has 0 aliphatic carbocycles. The fraction of sp³-hybridized carbons (Fsp3) is 0.389. The maximum absolute atomic E-state index is 13.6. The summed E-state index contributed by atoms with van der Waals surface area (Å²) in [7, 11) is 1.66. The Morgan fingerprint density at radius 2 is 2.12 bits per heavy atom. The fourth-order valence-electron chi connectivity index (χ4n) is 2.91. The Hall–Kier alpha value is -1.26. The molecule has 2 N–H and O–H groups in total. The predicted octanol–water partition coefficient (Wildman–Crippen LogP) is 3.37. The highest BCUT2D eigenvalue weighted by atomic mass is 127. The average Bonchev–Trinajstić information content (AvgIpc) is 3.08. The van der Waals surface area contributed by atoms with Crippen LogP contribution in [0.1, 0.15) is 16.0 Å². The molecule has 8 heteroatoms. The van der Waals surface area contributed by atoms with Gasteiger partial charge in [0.25, 0.3) is 0 Å². The molecule has 0 fully saturated rings. The van der Waals surface area contributed by atoms with E-state index < -0.39 is 11.6 Å². The van der Waals surface area contributed by atoms with Gasteiger partial charge in [0.2, 0.25) is 0 Å². The molecule has 4 nitrogen and oxygen atoms in total. The Bertz CT molecular complexity index is 751.